The molecule has 0 spiro atoms. The standard InChI is InChI=1S/C18H20ClN3O7/c1-9(23)26-7-13-14(27-10(2)24)18(4,29-11(3)25)17(28-13)22-6-5-12-15(19)20-8-21-16(12)22/h5-6,8,13-14,17H,7H2,1-4H3/t13-,14-,17-,18+/m1/s1. The van der Waals surface area contributed by atoms with Crippen LogP contribution in [-0.4, -0.2) is 56.9 Å². The average molecular weight is 426 g/mol. The Balaban J connectivity index is 2.09. The second-order valence-electron chi connectivity index (χ2n) is 6.76. The first-order valence-corrected chi connectivity index (χ1v) is 9.14. The number of ether oxygens (including phenoxy) is 4. The quantitative estimate of drug-likeness (QED) is 0.401. The van der Waals surface area contributed by atoms with E-state index in [1.165, 1.54) is 27.1 Å². The van der Waals surface area contributed by atoms with Crippen LogP contribution in [0.3, 0.4) is 0 Å². The lowest BCUT2D eigenvalue weighted by molar-refractivity contribution is -0.184. The van der Waals surface area contributed by atoms with E-state index in [0.717, 1.165) is 0 Å². The molecule has 4 atom stereocenters. The zero-order valence-electron chi connectivity index (χ0n) is 16.2. The van der Waals surface area contributed by atoms with Crippen LogP contribution in [0.5, 0.6) is 0 Å². The first-order chi connectivity index (χ1) is 13.6. The normalized spacial score (nSPS) is 26.3. The molecule has 156 valence electrons. The van der Waals surface area contributed by atoms with Crippen LogP contribution < -0.4 is 0 Å². The first kappa shape index (κ1) is 21.0. The lowest BCUT2D eigenvalue weighted by atomic mass is 9.95. The van der Waals surface area contributed by atoms with Gasteiger partial charge in [0, 0.05) is 27.0 Å². The van der Waals surface area contributed by atoms with E-state index in [1.54, 1.807) is 23.8 Å². The van der Waals surface area contributed by atoms with Crippen LogP contribution in [0.15, 0.2) is 18.6 Å². The van der Waals surface area contributed by atoms with E-state index in [-0.39, 0.29) is 11.8 Å². The van der Waals surface area contributed by atoms with Crippen molar-refractivity contribution in [3.8, 4) is 0 Å². The smallest absolute Gasteiger partial charge is 0.303 e. The Labute approximate surface area is 171 Å². The highest BCUT2D eigenvalue weighted by atomic mass is 35.5. The van der Waals surface area contributed by atoms with E-state index in [2.05, 4.69) is 9.97 Å². The fourth-order valence-electron chi connectivity index (χ4n) is 3.47. The minimum Gasteiger partial charge on any atom is -0.463 e. The summed E-state index contributed by atoms with van der Waals surface area (Å²) in [4.78, 5) is 43.1. The topological polar surface area (TPSA) is 119 Å². The zero-order chi connectivity index (χ0) is 21.3. The van der Waals surface area contributed by atoms with Gasteiger partial charge in [-0.05, 0) is 13.0 Å². The molecule has 0 radical (unpaired) electrons. The molecule has 2 aromatic heterocycles. The van der Waals surface area contributed by atoms with E-state index in [0.29, 0.717) is 11.0 Å². The number of aromatic nitrogens is 3. The van der Waals surface area contributed by atoms with E-state index < -0.39 is 41.9 Å². The number of hydrogen-bond donors (Lipinski definition) is 0. The second-order valence-corrected chi connectivity index (χ2v) is 7.12. The molecule has 0 aliphatic carbocycles. The van der Waals surface area contributed by atoms with Crippen LogP contribution in [0.4, 0.5) is 0 Å². The second kappa shape index (κ2) is 7.96. The van der Waals surface area contributed by atoms with Crippen LogP contribution in [0.2, 0.25) is 5.15 Å². The van der Waals surface area contributed by atoms with E-state index in [9.17, 15) is 14.4 Å². The van der Waals surface area contributed by atoms with Crippen molar-refractivity contribution in [2.45, 2.75) is 51.7 Å². The molecule has 1 saturated heterocycles. The van der Waals surface area contributed by atoms with Crippen molar-refractivity contribution in [1.29, 1.82) is 0 Å². The van der Waals surface area contributed by atoms with Crippen molar-refractivity contribution >= 4 is 40.5 Å². The molecule has 10 nitrogen and oxygen atoms in total. The summed E-state index contributed by atoms with van der Waals surface area (Å²) in [5.74, 6) is -1.73. The maximum atomic E-state index is 11.9. The highest BCUT2D eigenvalue weighted by Crippen LogP contribution is 2.44. The summed E-state index contributed by atoms with van der Waals surface area (Å²) in [5.41, 5.74) is -1.01. The predicted molar refractivity (Wildman–Crippen MR) is 98.8 cm³/mol. The number of carbonyl (C=O) groups is 3. The Bertz CT molecular complexity index is 962. The summed E-state index contributed by atoms with van der Waals surface area (Å²) in [6.07, 6.45) is 0.0743. The summed E-state index contributed by atoms with van der Waals surface area (Å²) in [5, 5.41) is 0.810. The number of hydrogen-bond acceptors (Lipinski definition) is 9. The van der Waals surface area contributed by atoms with E-state index in [4.69, 9.17) is 30.5 Å². The van der Waals surface area contributed by atoms with Gasteiger partial charge < -0.3 is 23.5 Å². The number of esters is 3. The Kier molecular flexibility index (Phi) is 5.76. The maximum absolute atomic E-state index is 11.9. The number of halogens is 1. The molecule has 1 fully saturated rings. The Hall–Kier alpha value is -2.72. The van der Waals surface area contributed by atoms with Gasteiger partial charge in [-0.15, -0.1) is 0 Å². The molecule has 0 unspecified atom stereocenters. The molecule has 11 heteroatoms. The monoisotopic (exact) mass is 425 g/mol. The molecule has 1 aliphatic heterocycles. The Morgan fingerprint density at radius 2 is 1.93 bits per heavy atom. The van der Waals surface area contributed by atoms with Crippen molar-refractivity contribution in [3.63, 3.8) is 0 Å². The molecular weight excluding hydrogens is 406 g/mol. The lowest BCUT2D eigenvalue weighted by Gasteiger charge is -2.34. The van der Waals surface area contributed by atoms with Crippen LogP contribution in [-0.2, 0) is 33.3 Å². The van der Waals surface area contributed by atoms with E-state index in [1.807, 2.05) is 0 Å². The highest BCUT2D eigenvalue weighted by molar-refractivity contribution is 6.33. The van der Waals surface area contributed by atoms with Gasteiger partial charge in [0.15, 0.2) is 17.9 Å². The maximum Gasteiger partial charge on any atom is 0.303 e. The summed E-state index contributed by atoms with van der Waals surface area (Å²) < 4.78 is 23.7. The summed E-state index contributed by atoms with van der Waals surface area (Å²) in [6.45, 7) is 5.09. The van der Waals surface area contributed by atoms with Crippen LogP contribution >= 0.6 is 11.6 Å². The highest BCUT2D eigenvalue weighted by Gasteiger charge is 2.60. The third kappa shape index (κ3) is 4.03. The molecule has 29 heavy (non-hydrogen) atoms. The fourth-order valence-corrected chi connectivity index (χ4v) is 3.66. The van der Waals surface area contributed by atoms with Crippen molar-refractivity contribution in [1.82, 2.24) is 14.5 Å². The minimum absolute atomic E-state index is 0.199. The summed E-state index contributed by atoms with van der Waals surface area (Å²) in [7, 11) is 0. The predicted octanol–water partition coefficient (Wildman–Crippen LogP) is 1.80. The summed E-state index contributed by atoms with van der Waals surface area (Å²) >= 11 is 6.13. The Morgan fingerprint density at radius 1 is 1.21 bits per heavy atom. The van der Waals surface area contributed by atoms with Crippen molar-refractivity contribution in [3.05, 3.63) is 23.7 Å². The Morgan fingerprint density at radius 3 is 2.55 bits per heavy atom. The van der Waals surface area contributed by atoms with Gasteiger partial charge in [0.1, 0.15) is 29.8 Å². The largest absolute Gasteiger partial charge is 0.463 e. The molecular formula is C18H20ClN3O7. The fraction of sp³-hybridized carbons (Fsp3) is 0.500. The van der Waals surface area contributed by atoms with E-state index >= 15 is 0 Å². The molecule has 1 aliphatic rings. The molecule has 0 aromatic carbocycles. The van der Waals surface area contributed by atoms with Gasteiger partial charge in [0.2, 0.25) is 0 Å². The van der Waals surface area contributed by atoms with Gasteiger partial charge in [-0.3, -0.25) is 14.4 Å². The molecule has 2 aromatic rings. The minimum atomic E-state index is -1.44. The van der Waals surface area contributed by atoms with Crippen LogP contribution in [0.25, 0.3) is 11.0 Å². The number of fused-ring (bicyclic) bond motifs is 1. The summed E-state index contributed by atoms with van der Waals surface area (Å²) in [6, 6.07) is 1.69. The van der Waals surface area contributed by atoms with Crippen LogP contribution in [0, 0.1) is 0 Å². The number of rotatable bonds is 5. The van der Waals surface area contributed by atoms with Gasteiger partial charge in [-0.2, -0.15) is 0 Å². The third-order valence-corrected chi connectivity index (χ3v) is 4.82. The lowest BCUT2D eigenvalue weighted by Crippen LogP contribution is -2.50. The van der Waals surface area contributed by atoms with Gasteiger partial charge in [-0.1, -0.05) is 11.6 Å². The molecule has 3 rings (SSSR count). The molecule has 0 saturated carbocycles. The number of carbonyl (C=O) groups excluding carboxylic acids is 3. The number of nitrogens with zero attached hydrogens (tertiary/aromatic N) is 3. The first-order valence-electron chi connectivity index (χ1n) is 8.76. The van der Waals surface area contributed by atoms with Crippen molar-refractivity contribution < 1.29 is 33.3 Å². The van der Waals surface area contributed by atoms with Gasteiger partial charge in [0.05, 0.1) is 5.39 Å². The zero-order valence-corrected chi connectivity index (χ0v) is 17.0. The third-order valence-electron chi connectivity index (χ3n) is 4.52. The van der Waals surface area contributed by atoms with Gasteiger partial charge in [-0.25, -0.2) is 9.97 Å². The molecule has 0 bridgehead atoms. The SMILES string of the molecule is CC(=O)OC[C@H]1O[C@@H](n2ccc3c(Cl)ncnc32)[C@@](C)(OC(C)=O)[C@@H]1OC(C)=O. The molecule has 0 N–H and O–H groups in total. The van der Waals surface area contributed by atoms with Crippen LogP contribution in [0.1, 0.15) is 33.9 Å². The molecule has 0 amide bonds. The van der Waals surface area contributed by atoms with Crippen molar-refractivity contribution in [2.24, 2.45) is 0 Å². The van der Waals surface area contributed by atoms with Gasteiger partial charge >= 0.3 is 17.9 Å². The average Bonchev–Trinajstić information content (AvgIpc) is 3.13. The van der Waals surface area contributed by atoms with Crippen molar-refractivity contribution in [2.75, 3.05) is 6.61 Å². The van der Waals surface area contributed by atoms with Gasteiger partial charge in [0.25, 0.3) is 0 Å². The molecule has 3 heterocycles.